The topological polar surface area (TPSA) is 107 Å². The van der Waals surface area contributed by atoms with Crippen molar-refractivity contribution in [1.29, 1.82) is 0 Å². The van der Waals surface area contributed by atoms with Crippen LogP contribution in [0.15, 0.2) is 36.8 Å². The number of pyridine rings is 2. The van der Waals surface area contributed by atoms with Gasteiger partial charge >= 0.3 is 12.2 Å². The Bertz CT molecular complexity index is 1280. The van der Waals surface area contributed by atoms with Crippen LogP contribution in [0.1, 0.15) is 52.9 Å². The first-order chi connectivity index (χ1) is 17.2. The molecule has 190 valence electrons. The molecule has 1 N–H and O–H groups in total. The molecular formula is C26H31N5O5. The summed E-state index contributed by atoms with van der Waals surface area (Å²) < 4.78 is 18.6. The molecule has 1 aliphatic heterocycles. The fourth-order valence-corrected chi connectivity index (χ4v) is 4.47. The van der Waals surface area contributed by atoms with Crippen LogP contribution >= 0.6 is 0 Å². The number of hydrogen-bond donors (Lipinski definition) is 1. The summed E-state index contributed by atoms with van der Waals surface area (Å²) in [6, 6.07) is 5.65. The molecule has 0 unspecified atom stereocenters. The summed E-state index contributed by atoms with van der Waals surface area (Å²) in [4.78, 5) is 35.6. The van der Waals surface area contributed by atoms with E-state index in [0.29, 0.717) is 36.2 Å². The SMILES string of the molecule is CC(C)(C)OC(=O)Nc1cn2cc(-c3cnc4c(c3)N(C(=O)OC3CCCCC3)CCO4)ccc2n1. The first-order valence-electron chi connectivity index (χ1n) is 12.4. The first kappa shape index (κ1) is 23.9. The van der Waals surface area contributed by atoms with Gasteiger partial charge in [-0.25, -0.2) is 19.6 Å². The fraction of sp³-hybridized carbons (Fsp3) is 0.462. The molecule has 0 spiro atoms. The van der Waals surface area contributed by atoms with Gasteiger partial charge in [0.15, 0.2) is 5.82 Å². The summed E-state index contributed by atoms with van der Waals surface area (Å²) in [6.45, 7) is 6.18. The second-order valence-corrected chi connectivity index (χ2v) is 10.1. The number of anilines is 2. The van der Waals surface area contributed by atoms with E-state index >= 15 is 0 Å². The van der Waals surface area contributed by atoms with Crippen LogP contribution in [0.5, 0.6) is 5.88 Å². The van der Waals surface area contributed by atoms with Crippen molar-refractivity contribution in [2.45, 2.75) is 64.6 Å². The van der Waals surface area contributed by atoms with Gasteiger partial charge in [-0.05, 0) is 64.7 Å². The monoisotopic (exact) mass is 493 g/mol. The minimum atomic E-state index is -0.601. The van der Waals surface area contributed by atoms with E-state index in [1.54, 1.807) is 38.1 Å². The van der Waals surface area contributed by atoms with E-state index in [1.165, 1.54) is 6.42 Å². The minimum absolute atomic E-state index is 0.0270. The standard InChI is InChI=1S/C26H31N5O5/c1-26(2,3)36-24(32)29-21-16-30-15-17(9-10-22(30)28-21)18-13-20-23(27-14-18)34-12-11-31(20)25(33)35-19-7-5-4-6-8-19/h9-10,13-16,19H,4-8,11-12H2,1-3H3,(H,29,32). The minimum Gasteiger partial charge on any atom is -0.474 e. The van der Waals surface area contributed by atoms with Crippen molar-refractivity contribution in [3.8, 4) is 17.0 Å². The summed E-state index contributed by atoms with van der Waals surface area (Å²) in [5.74, 6) is 0.799. The molecule has 0 aromatic carbocycles. The number of ether oxygens (including phenoxy) is 3. The second kappa shape index (κ2) is 9.67. The van der Waals surface area contributed by atoms with Gasteiger partial charge in [0.2, 0.25) is 5.88 Å². The van der Waals surface area contributed by atoms with Crippen molar-refractivity contribution in [2.75, 3.05) is 23.4 Å². The molecule has 1 saturated carbocycles. The van der Waals surface area contributed by atoms with Crippen molar-refractivity contribution in [3.05, 3.63) is 36.8 Å². The summed E-state index contributed by atoms with van der Waals surface area (Å²) in [5, 5.41) is 2.66. The number of carbonyl (C=O) groups excluding carboxylic acids is 2. The van der Waals surface area contributed by atoms with Crippen molar-refractivity contribution in [3.63, 3.8) is 0 Å². The van der Waals surface area contributed by atoms with Crippen molar-refractivity contribution < 1.29 is 23.8 Å². The third-order valence-electron chi connectivity index (χ3n) is 6.13. The van der Waals surface area contributed by atoms with Gasteiger partial charge in [-0.1, -0.05) is 6.42 Å². The molecular weight excluding hydrogens is 462 g/mol. The van der Waals surface area contributed by atoms with Gasteiger partial charge in [-0.3, -0.25) is 10.2 Å². The summed E-state index contributed by atoms with van der Waals surface area (Å²) in [5.41, 5.74) is 2.34. The van der Waals surface area contributed by atoms with Crippen molar-refractivity contribution in [2.24, 2.45) is 0 Å². The molecule has 5 rings (SSSR count). The lowest BCUT2D eigenvalue weighted by atomic mass is 9.98. The average Bonchev–Trinajstić information content (AvgIpc) is 3.24. The van der Waals surface area contributed by atoms with Crippen LogP contribution in [0.3, 0.4) is 0 Å². The van der Waals surface area contributed by atoms with E-state index < -0.39 is 11.7 Å². The highest BCUT2D eigenvalue weighted by Gasteiger charge is 2.29. The molecule has 0 atom stereocenters. The Labute approximate surface area is 209 Å². The Hall–Kier alpha value is -3.82. The van der Waals surface area contributed by atoms with Crippen LogP contribution in [0, 0.1) is 0 Å². The van der Waals surface area contributed by atoms with E-state index in [1.807, 2.05) is 28.8 Å². The van der Waals surface area contributed by atoms with Gasteiger partial charge in [0.05, 0.1) is 12.7 Å². The van der Waals surface area contributed by atoms with Crippen LogP contribution in [0.4, 0.5) is 21.1 Å². The van der Waals surface area contributed by atoms with E-state index in [2.05, 4.69) is 15.3 Å². The van der Waals surface area contributed by atoms with E-state index in [9.17, 15) is 9.59 Å². The third-order valence-corrected chi connectivity index (χ3v) is 6.13. The molecule has 10 heteroatoms. The van der Waals surface area contributed by atoms with Gasteiger partial charge in [0.25, 0.3) is 0 Å². The van der Waals surface area contributed by atoms with Gasteiger partial charge in [-0.15, -0.1) is 0 Å². The van der Waals surface area contributed by atoms with Crippen molar-refractivity contribution in [1.82, 2.24) is 14.4 Å². The van der Waals surface area contributed by atoms with Crippen LogP contribution in [0.25, 0.3) is 16.8 Å². The maximum atomic E-state index is 13.0. The highest BCUT2D eigenvalue weighted by Crippen LogP contribution is 2.35. The molecule has 36 heavy (non-hydrogen) atoms. The number of carbonyl (C=O) groups is 2. The highest BCUT2D eigenvalue weighted by molar-refractivity contribution is 5.91. The smallest absolute Gasteiger partial charge is 0.414 e. The van der Waals surface area contributed by atoms with Gasteiger partial charge in [0.1, 0.15) is 29.6 Å². The lowest BCUT2D eigenvalue weighted by Gasteiger charge is -2.31. The fourth-order valence-electron chi connectivity index (χ4n) is 4.47. The zero-order chi connectivity index (χ0) is 25.3. The molecule has 2 amide bonds. The number of nitrogens with zero attached hydrogens (tertiary/aromatic N) is 4. The normalized spacial score (nSPS) is 16.2. The number of fused-ring (bicyclic) bond motifs is 2. The number of amides is 2. The number of aromatic nitrogens is 3. The summed E-state index contributed by atoms with van der Waals surface area (Å²) >= 11 is 0. The molecule has 3 aromatic heterocycles. The van der Waals surface area contributed by atoms with Crippen LogP contribution in [-0.2, 0) is 9.47 Å². The van der Waals surface area contributed by atoms with Crippen LogP contribution in [-0.4, -0.2) is 51.4 Å². The number of hydrogen-bond acceptors (Lipinski definition) is 7. The zero-order valence-electron chi connectivity index (χ0n) is 20.8. The van der Waals surface area contributed by atoms with E-state index in [4.69, 9.17) is 14.2 Å². The Morgan fingerprint density at radius 3 is 2.69 bits per heavy atom. The lowest BCUT2D eigenvalue weighted by molar-refractivity contribution is 0.0635. The van der Waals surface area contributed by atoms with Crippen LogP contribution < -0.4 is 15.0 Å². The van der Waals surface area contributed by atoms with E-state index in [0.717, 1.165) is 36.8 Å². The number of rotatable bonds is 3. The Balaban J connectivity index is 1.36. The van der Waals surface area contributed by atoms with Gasteiger partial charge in [0, 0.05) is 23.5 Å². The first-order valence-corrected chi connectivity index (χ1v) is 12.4. The molecule has 2 aliphatic rings. The summed E-state index contributed by atoms with van der Waals surface area (Å²) in [6.07, 6.45) is 9.58. The van der Waals surface area contributed by atoms with E-state index in [-0.39, 0.29) is 12.2 Å². The average molecular weight is 494 g/mol. The lowest BCUT2D eigenvalue weighted by Crippen LogP contribution is -2.40. The molecule has 1 aliphatic carbocycles. The molecule has 0 radical (unpaired) electrons. The molecule has 4 heterocycles. The van der Waals surface area contributed by atoms with Gasteiger partial charge in [-0.2, -0.15) is 0 Å². The molecule has 3 aromatic rings. The number of nitrogens with one attached hydrogen (secondary N) is 1. The Morgan fingerprint density at radius 1 is 1.11 bits per heavy atom. The predicted molar refractivity (Wildman–Crippen MR) is 134 cm³/mol. The number of imidazole rings is 1. The third kappa shape index (κ3) is 5.37. The largest absolute Gasteiger partial charge is 0.474 e. The predicted octanol–water partition coefficient (Wildman–Crippen LogP) is 5.41. The Morgan fingerprint density at radius 2 is 1.92 bits per heavy atom. The van der Waals surface area contributed by atoms with Crippen molar-refractivity contribution >= 4 is 29.3 Å². The molecule has 1 fully saturated rings. The Kier molecular flexibility index (Phi) is 6.42. The quantitative estimate of drug-likeness (QED) is 0.520. The second-order valence-electron chi connectivity index (χ2n) is 10.1. The summed E-state index contributed by atoms with van der Waals surface area (Å²) in [7, 11) is 0. The maximum Gasteiger partial charge on any atom is 0.414 e. The highest BCUT2D eigenvalue weighted by atomic mass is 16.6. The zero-order valence-corrected chi connectivity index (χ0v) is 20.8. The molecule has 10 nitrogen and oxygen atoms in total. The van der Waals surface area contributed by atoms with Gasteiger partial charge < -0.3 is 18.6 Å². The molecule has 0 bridgehead atoms. The maximum absolute atomic E-state index is 13.0. The van der Waals surface area contributed by atoms with Crippen LogP contribution in [0.2, 0.25) is 0 Å². The molecule has 0 saturated heterocycles.